The van der Waals surface area contributed by atoms with E-state index in [9.17, 15) is 10.2 Å². The lowest BCUT2D eigenvalue weighted by Crippen LogP contribution is -2.30. The van der Waals surface area contributed by atoms with Crippen LogP contribution in [0.25, 0.3) is 11.2 Å². The molecule has 24 heavy (non-hydrogen) atoms. The van der Waals surface area contributed by atoms with Crippen LogP contribution in [0.3, 0.4) is 0 Å². The molecule has 0 fully saturated rings. The normalized spacial score (nSPS) is 12.5. The summed E-state index contributed by atoms with van der Waals surface area (Å²) in [6.07, 6.45) is 3.26. The molecule has 2 aromatic heterocycles. The zero-order valence-electron chi connectivity index (χ0n) is 13.6. The minimum atomic E-state index is -0.0212. The first kappa shape index (κ1) is 16.4. The van der Waals surface area contributed by atoms with Crippen molar-refractivity contribution in [1.82, 2.24) is 19.5 Å². The van der Waals surface area contributed by atoms with Crippen molar-refractivity contribution in [1.29, 1.82) is 0 Å². The second-order valence-electron chi connectivity index (χ2n) is 5.54. The number of fused-ring (bicyclic) bond motifs is 1. The highest BCUT2D eigenvalue weighted by atomic mass is 16.3. The lowest BCUT2D eigenvalue weighted by atomic mass is 10.1. The van der Waals surface area contributed by atoms with E-state index in [2.05, 4.69) is 34.0 Å². The van der Waals surface area contributed by atoms with Crippen molar-refractivity contribution in [3.8, 4) is 0 Å². The van der Waals surface area contributed by atoms with Gasteiger partial charge in [0.2, 0.25) is 0 Å². The number of hydrogen-bond donors (Lipinski definition) is 2. The molecule has 7 nitrogen and oxygen atoms in total. The lowest BCUT2D eigenvalue weighted by molar-refractivity contribution is 0.281. The molecule has 1 atom stereocenters. The second kappa shape index (κ2) is 7.37. The molecule has 0 aliphatic rings. The van der Waals surface area contributed by atoms with Crippen LogP contribution in [0.15, 0.2) is 43.0 Å². The molecule has 0 aliphatic carbocycles. The van der Waals surface area contributed by atoms with Gasteiger partial charge >= 0.3 is 0 Å². The summed E-state index contributed by atoms with van der Waals surface area (Å²) >= 11 is 0. The van der Waals surface area contributed by atoms with Gasteiger partial charge in [-0.2, -0.15) is 0 Å². The van der Waals surface area contributed by atoms with Crippen molar-refractivity contribution in [2.45, 2.75) is 13.0 Å². The smallest absolute Gasteiger partial charge is 0.165 e. The number of imidazole rings is 1. The van der Waals surface area contributed by atoms with Crippen LogP contribution in [0.1, 0.15) is 18.5 Å². The number of hydrogen-bond acceptors (Lipinski definition) is 6. The summed E-state index contributed by atoms with van der Waals surface area (Å²) in [7, 11) is 0. The quantitative estimate of drug-likeness (QED) is 0.679. The number of benzene rings is 1. The van der Waals surface area contributed by atoms with Crippen molar-refractivity contribution in [3.05, 3.63) is 48.5 Å². The van der Waals surface area contributed by atoms with Crippen LogP contribution in [-0.4, -0.2) is 56.0 Å². The lowest BCUT2D eigenvalue weighted by Gasteiger charge is -2.21. The fourth-order valence-electron chi connectivity index (χ4n) is 2.81. The molecule has 3 rings (SSSR count). The molecule has 0 radical (unpaired) electrons. The molecule has 0 bridgehead atoms. The maximum atomic E-state index is 9.25. The molecule has 0 aliphatic heterocycles. The Kier molecular flexibility index (Phi) is 5.02. The van der Waals surface area contributed by atoms with Crippen molar-refractivity contribution >= 4 is 17.0 Å². The van der Waals surface area contributed by atoms with Crippen molar-refractivity contribution in [2.24, 2.45) is 0 Å². The zero-order valence-corrected chi connectivity index (χ0v) is 13.6. The standard InChI is InChI=1S/C17H21N5O2/c1-13(14-5-3-2-4-6-14)22-12-20-15-16(18-11-19-17(15)22)21(7-9-23)8-10-24/h2-6,11-13,23-24H,7-10H2,1H3/t13-/m1/s1. The Balaban J connectivity index is 2.03. The van der Waals surface area contributed by atoms with Crippen LogP contribution in [0, 0.1) is 0 Å². The van der Waals surface area contributed by atoms with E-state index in [1.54, 1.807) is 6.33 Å². The summed E-state index contributed by atoms with van der Waals surface area (Å²) in [5.74, 6) is 0.627. The van der Waals surface area contributed by atoms with Gasteiger partial charge in [0.25, 0.3) is 0 Å². The SMILES string of the molecule is C[C@H](c1ccccc1)n1cnc2c(N(CCO)CCO)ncnc21. The predicted molar refractivity (Wildman–Crippen MR) is 92.0 cm³/mol. The minimum absolute atomic E-state index is 0.0212. The van der Waals surface area contributed by atoms with E-state index in [4.69, 9.17) is 0 Å². The fourth-order valence-corrected chi connectivity index (χ4v) is 2.81. The highest BCUT2D eigenvalue weighted by Gasteiger charge is 2.18. The summed E-state index contributed by atoms with van der Waals surface area (Å²) in [6.45, 7) is 2.82. The molecule has 0 saturated heterocycles. The zero-order chi connectivity index (χ0) is 16.9. The van der Waals surface area contributed by atoms with Gasteiger partial charge in [0, 0.05) is 13.1 Å². The van der Waals surface area contributed by atoms with E-state index in [1.165, 1.54) is 11.9 Å². The summed E-state index contributed by atoms with van der Waals surface area (Å²) in [5, 5.41) is 18.5. The van der Waals surface area contributed by atoms with Crippen LogP contribution in [0.4, 0.5) is 5.82 Å². The van der Waals surface area contributed by atoms with Gasteiger partial charge in [0.05, 0.1) is 25.6 Å². The Bertz CT molecular complexity index is 784. The molecule has 2 N–H and O–H groups in total. The largest absolute Gasteiger partial charge is 0.395 e. The Labute approximate surface area is 140 Å². The summed E-state index contributed by atoms with van der Waals surface area (Å²) in [6, 6.07) is 10.2. The van der Waals surface area contributed by atoms with Gasteiger partial charge in [-0.1, -0.05) is 30.3 Å². The third-order valence-corrected chi connectivity index (χ3v) is 4.08. The summed E-state index contributed by atoms with van der Waals surface area (Å²) < 4.78 is 2.01. The van der Waals surface area contributed by atoms with Gasteiger partial charge in [0.1, 0.15) is 6.33 Å². The molecule has 0 saturated carbocycles. The molecule has 3 aromatic rings. The maximum absolute atomic E-state index is 9.25. The number of aromatic nitrogens is 4. The minimum Gasteiger partial charge on any atom is -0.395 e. The maximum Gasteiger partial charge on any atom is 0.165 e. The van der Waals surface area contributed by atoms with Gasteiger partial charge in [-0.05, 0) is 12.5 Å². The van der Waals surface area contributed by atoms with Gasteiger partial charge in [-0.25, -0.2) is 15.0 Å². The van der Waals surface area contributed by atoms with Crippen molar-refractivity contribution in [2.75, 3.05) is 31.2 Å². The third-order valence-electron chi connectivity index (χ3n) is 4.08. The number of anilines is 1. The molecular formula is C17H21N5O2. The van der Waals surface area contributed by atoms with E-state index >= 15 is 0 Å². The molecule has 7 heteroatoms. The van der Waals surface area contributed by atoms with Crippen LogP contribution in [0.5, 0.6) is 0 Å². The van der Waals surface area contributed by atoms with E-state index in [0.29, 0.717) is 24.4 Å². The van der Waals surface area contributed by atoms with E-state index in [-0.39, 0.29) is 19.3 Å². The summed E-state index contributed by atoms with van der Waals surface area (Å²) in [4.78, 5) is 15.0. The van der Waals surface area contributed by atoms with Gasteiger partial charge in [-0.15, -0.1) is 0 Å². The fraction of sp³-hybridized carbons (Fsp3) is 0.353. The Morgan fingerprint density at radius 1 is 1.04 bits per heavy atom. The number of nitrogens with zero attached hydrogens (tertiary/aromatic N) is 5. The average molecular weight is 327 g/mol. The molecular weight excluding hydrogens is 306 g/mol. The van der Waals surface area contributed by atoms with Crippen LogP contribution >= 0.6 is 0 Å². The first-order valence-electron chi connectivity index (χ1n) is 7.95. The molecule has 0 unspecified atom stereocenters. The highest BCUT2D eigenvalue weighted by Crippen LogP contribution is 2.26. The van der Waals surface area contributed by atoms with E-state index in [0.717, 1.165) is 5.65 Å². The molecule has 1 aromatic carbocycles. The summed E-state index contributed by atoms with van der Waals surface area (Å²) in [5.41, 5.74) is 2.57. The number of rotatable bonds is 7. The molecule has 0 amide bonds. The topological polar surface area (TPSA) is 87.3 Å². The highest BCUT2D eigenvalue weighted by molar-refractivity contribution is 5.83. The molecule has 0 spiro atoms. The van der Waals surface area contributed by atoms with Crippen LogP contribution in [-0.2, 0) is 0 Å². The first-order chi connectivity index (χ1) is 11.8. The molecule has 126 valence electrons. The van der Waals surface area contributed by atoms with E-state index < -0.39 is 0 Å². The van der Waals surface area contributed by atoms with Gasteiger partial charge in [0.15, 0.2) is 17.0 Å². The van der Waals surface area contributed by atoms with Crippen molar-refractivity contribution < 1.29 is 10.2 Å². The average Bonchev–Trinajstić information content (AvgIpc) is 3.06. The Morgan fingerprint density at radius 2 is 1.75 bits per heavy atom. The van der Waals surface area contributed by atoms with E-state index in [1.807, 2.05) is 27.7 Å². The van der Waals surface area contributed by atoms with Crippen LogP contribution in [0.2, 0.25) is 0 Å². The predicted octanol–water partition coefficient (Wildman–Crippen LogP) is 1.23. The first-order valence-corrected chi connectivity index (χ1v) is 7.95. The number of aliphatic hydroxyl groups excluding tert-OH is 2. The third kappa shape index (κ3) is 3.08. The van der Waals surface area contributed by atoms with Gasteiger partial charge < -0.3 is 19.7 Å². The number of aliphatic hydroxyl groups is 2. The van der Waals surface area contributed by atoms with Gasteiger partial charge in [-0.3, -0.25) is 0 Å². The molecule has 2 heterocycles. The van der Waals surface area contributed by atoms with Crippen LogP contribution < -0.4 is 4.90 Å². The second-order valence-corrected chi connectivity index (χ2v) is 5.54. The Morgan fingerprint density at radius 3 is 2.42 bits per heavy atom. The van der Waals surface area contributed by atoms with Crippen molar-refractivity contribution in [3.63, 3.8) is 0 Å². The monoisotopic (exact) mass is 327 g/mol. The Hall–Kier alpha value is -2.51.